The zero-order chi connectivity index (χ0) is 15.7. The van der Waals surface area contributed by atoms with Crippen LogP contribution in [0.4, 0.5) is 0 Å². The first-order valence-electron chi connectivity index (χ1n) is 7.25. The van der Waals surface area contributed by atoms with Gasteiger partial charge in [-0.05, 0) is 25.3 Å². The molecule has 6 nitrogen and oxygen atoms in total. The second-order valence-electron chi connectivity index (χ2n) is 5.52. The normalized spacial score (nSPS) is 17.9. The van der Waals surface area contributed by atoms with Crippen molar-refractivity contribution in [2.24, 2.45) is 0 Å². The third kappa shape index (κ3) is 2.96. The number of aromatic nitrogens is 2. The Morgan fingerprint density at radius 2 is 2.00 bits per heavy atom. The van der Waals surface area contributed by atoms with Gasteiger partial charge in [0.1, 0.15) is 4.90 Å². The first-order chi connectivity index (χ1) is 10.5. The van der Waals surface area contributed by atoms with Crippen LogP contribution in [-0.4, -0.2) is 54.0 Å². The highest BCUT2D eigenvalue weighted by Gasteiger charge is 2.32. The van der Waals surface area contributed by atoms with Gasteiger partial charge < -0.3 is 0 Å². The standard InChI is InChI=1S/C14H20N4O2S2/c1-11-14(12(2)16-15-11)22(19,20)18-7-5-17(6-8-18)10-13-4-3-9-21-13/h3-4,9H,5-8,10H2,1-2H3,(H,15,16). The fraction of sp³-hybridized carbons (Fsp3) is 0.500. The summed E-state index contributed by atoms with van der Waals surface area (Å²) in [6, 6.07) is 4.16. The maximum Gasteiger partial charge on any atom is 0.246 e. The lowest BCUT2D eigenvalue weighted by Crippen LogP contribution is -2.48. The summed E-state index contributed by atoms with van der Waals surface area (Å²) in [7, 11) is -3.45. The Labute approximate surface area is 134 Å². The molecule has 0 unspecified atom stereocenters. The van der Waals surface area contributed by atoms with E-state index in [0.717, 1.165) is 19.6 Å². The second kappa shape index (κ2) is 6.11. The van der Waals surface area contributed by atoms with Crippen molar-refractivity contribution in [3.05, 3.63) is 33.8 Å². The molecule has 0 aliphatic carbocycles. The number of aromatic amines is 1. The Morgan fingerprint density at radius 3 is 2.55 bits per heavy atom. The van der Waals surface area contributed by atoms with Gasteiger partial charge in [-0.3, -0.25) is 10.00 Å². The second-order valence-corrected chi connectivity index (χ2v) is 8.43. The van der Waals surface area contributed by atoms with Crippen LogP contribution in [0.2, 0.25) is 0 Å². The predicted octanol–water partition coefficient (Wildman–Crippen LogP) is 1.59. The Morgan fingerprint density at radius 1 is 1.27 bits per heavy atom. The Bertz CT molecular complexity index is 709. The van der Waals surface area contributed by atoms with Crippen LogP contribution in [0.15, 0.2) is 22.4 Å². The van der Waals surface area contributed by atoms with E-state index in [9.17, 15) is 8.42 Å². The fourth-order valence-electron chi connectivity index (χ4n) is 2.80. The number of rotatable bonds is 4. The van der Waals surface area contributed by atoms with Crippen molar-refractivity contribution >= 4 is 21.4 Å². The van der Waals surface area contributed by atoms with Crippen LogP contribution in [0.25, 0.3) is 0 Å². The molecule has 1 aliphatic heterocycles. The molecular formula is C14H20N4O2S2. The molecule has 3 heterocycles. The Balaban J connectivity index is 1.68. The van der Waals surface area contributed by atoms with Gasteiger partial charge in [0.05, 0.1) is 11.4 Å². The summed E-state index contributed by atoms with van der Waals surface area (Å²) in [4.78, 5) is 3.95. The monoisotopic (exact) mass is 340 g/mol. The number of piperazine rings is 1. The summed E-state index contributed by atoms with van der Waals surface area (Å²) < 4.78 is 27.1. The van der Waals surface area contributed by atoms with Crippen molar-refractivity contribution in [3.63, 3.8) is 0 Å². The van der Waals surface area contributed by atoms with Gasteiger partial charge in [-0.15, -0.1) is 11.3 Å². The molecule has 0 aromatic carbocycles. The summed E-state index contributed by atoms with van der Waals surface area (Å²) in [5.41, 5.74) is 1.15. The maximum absolute atomic E-state index is 12.8. The molecule has 1 fully saturated rings. The van der Waals surface area contributed by atoms with Gasteiger partial charge in [-0.2, -0.15) is 9.40 Å². The first kappa shape index (κ1) is 15.7. The van der Waals surface area contributed by atoms with Crippen molar-refractivity contribution in [1.82, 2.24) is 19.4 Å². The van der Waals surface area contributed by atoms with Crippen molar-refractivity contribution in [3.8, 4) is 0 Å². The average molecular weight is 340 g/mol. The largest absolute Gasteiger partial charge is 0.296 e. The van der Waals surface area contributed by atoms with E-state index in [1.165, 1.54) is 4.88 Å². The van der Waals surface area contributed by atoms with Crippen LogP contribution in [0, 0.1) is 13.8 Å². The van der Waals surface area contributed by atoms with Crippen LogP contribution in [0.1, 0.15) is 16.3 Å². The number of sulfonamides is 1. The van der Waals surface area contributed by atoms with Gasteiger partial charge in [0.2, 0.25) is 10.0 Å². The molecular weight excluding hydrogens is 320 g/mol. The van der Waals surface area contributed by atoms with E-state index in [0.29, 0.717) is 29.4 Å². The molecule has 0 bridgehead atoms. The van der Waals surface area contributed by atoms with Crippen LogP contribution < -0.4 is 0 Å². The number of hydrogen-bond acceptors (Lipinski definition) is 5. The van der Waals surface area contributed by atoms with E-state index in [2.05, 4.69) is 26.5 Å². The quantitative estimate of drug-likeness (QED) is 0.918. The summed E-state index contributed by atoms with van der Waals surface area (Å²) in [5, 5.41) is 8.83. The minimum absolute atomic E-state index is 0.333. The molecule has 120 valence electrons. The Kier molecular flexibility index (Phi) is 4.35. The van der Waals surface area contributed by atoms with Gasteiger partial charge in [0.25, 0.3) is 0 Å². The van der Waals surface area contributed by atoms with E-state index < -0.39 is 10.0 Å². The lowest BCUT2D eigenvalue weighted by Gasteiger charge is -2.33. The molecule has 0 saturated carbocycles. The number of H-pyrrole nitrogens is 1. The first-order valence-corrected chi connectivity index (χ1v) is 9.57. The van der Waals surface area contributed by atoms with Crippen molar-refractivity contribution in [1.29, 1.82) is 0 Å². The molecule has 2 aromatic rings. The zero-order valence-electron chi connectivity index (χ0n) is 12.7. The summed E-state index contributed by atoms with van der Waals surface area (Å²) in [6.07, 6.45) is 0. The van der Waals surface area contributed by atoms with Gasteiger partial charge >= 0.3 is 0 Å². The fourth-order valence-corrected chi connectivity index (χ4v) is 5.30. The lowest BCUT2D eigenvalue weighted by atomic mass is 10.3. The molecule has 8 heteroatoms. The third-order valence-electron chi connectivity index (χ3n) is 3.95. The molecule has 0 spiro atoms. The van der Waals surface area contributed by atoms with Gasteiger partial charge in [0.15, 0.2) is 0 Å². The summed E-state index contributed by atoms with van der Waals surface area (Å²) >= 11 is 1.74. The molecule has 22 heavy (non-hydrogen) atoms. The van der Waals surface area contributed by atoms with Crippen LogP contribution in [0.5, 0.6) is 0 Å². The van der Waals surface area contributed by atoms with E-state index in [4.69, 9.17) is 0 Å². The van der Waals surface area contributed by atoms with Gasteiger partial charge in [-0.25, -0.2) is 8.42 Å². The lowest BCUT2D eigenvalue weighted by molar-refractivity contribution is 0.183. The van der Waals surface area contributed by atoms with E-state index in [1.807, 2.05) is 6.07 Å². The molecule has 2 aromatic heterocycles. The average Bonchev–Trinajstić information content (AvgIpc) is 3.10. The minimum atomic E-state index is -3.45. The smallest absolute Gasteiger partial charge is 0.246 e. The van der Waals surface area contributed by atoms with Crippen LogP contribution in [0.3, 0.4) is 0 Å². The highest BCUT2D eigenvalue weighted by atomic mass is 32.2. The molecule has 0 amide bonds. The predicted molar refractivity (Wildman–Crippen MR) is 86.4 cm³/mol. The number of nitrogens with zero attached hydrogens (tertiary/aromatic N) is 3. The third-order valence-corrected chi connectivity index (χ3v) is 6.97. The topological polar surface area (TPSA) is 69.3 Å². The maximum atomic E-state index is 12.8. The highest BCUT2D eigenvalue weighted by molar-refractivity contribution is 7.89. The van der Waals surface area contributed by atoms with Gasteiger partial charge in [-0.1, -0.05) is 6.07 Å². The number of thiophene rings is 1. The molecule has 0 radical (unpaired) electrons. The zero-order valence-corrected chi connectivity index (χ0v) is 14.4. The summed E-state index contributed by atoms with van der Waals surface area (Å²) in [5.74, 6) is 0. The molecule has 0 atom stereocenters. The number of hydrogen-bond donors (Lipinski definition) is 1. The van der Waals surface area contributed by atoms with Gasteiger partial charge in [0, 0.05) is 37.6 Å². The van der Waals surface area contributed by atoms with Crippen LogP contribution in [-0.2, 0) is 16.6 Å². The van der Waals surface area contributed by atoms with E-state index in [-0.39, 0.29) is 0 Å². The van der Waals surface area contributed by atoms with Crippen molar-refractivity contribution in [2.45, 2.75) is 25.3 Å². The number of nitrogens with one attached hydrogen (secondary N) is 1. The van der Waals surface area contributed by atoms with E-state index in [1.54, 1.807) is 29.5 Å². The molecule has 1 saturated heterocycles. The SMILES string of the molecule is Cc1n[nH]c(C)c1S(=O)(=O)N1CCN(Cc2cccs2)CC1. The minimum Gasteiger partial charge on any atom is -0.296 e. The van der Waals surface area contributed by atoms with E-state index >= 15 is 0 Å². The molecule has 1 N–H and O–H groups in total. The van der Waals surface area contributed by atoms with Crippen LogP contribution >= 0.6 is 11.3 Å². The molecule has 3 rings (SSSR count). The van der Waals surface area contributed by atoms with Crippen molar-refractivity contribution < 1.29 is 8.42 Å². The van der Waals surface area contributed by atoms with Crippen molar-refractivity contribution in [2.75, 3.05) is 26.2 Å². The summed E-state index contributed by atoms with van der Waals surface area (Å²) in [6.45, 7) is 6.94. The molecule has 1 aliphatic rings. The number of aryl methyl sites for hydroxylation is 2. The Hall–Kier alpha value is -1.22. The highest BCUT2D eigenvalue weighted by Crippen LogP contribution is 2.23.